The van der Waals surface area contributed by atoms with Crippen molar-refractivity contribution >= 4 is 5.78 Å². The summed E-state index contributed by atoms with van der Waals surface area (Å²) in [6.45, 7) is 1.34. The number of alkyl halides is 3. The van der Waals surface area contributed by atoms with E-state index in [1.54, 1.807) is 0 Å². The zero-order valence-electron chi connectivity index (χ0n) is 10.1. The lowest BCUT2D eigenvalue weighted by Gasteiger charge is -2.21. The topological polar surface area (TPSA) is 29.1 Å². The van der Waals surface area contributed by atoms with Crippen molar-refractivity contribution in [3.05, 3.63) is 35.1 Å². The highest BCUT2D eigenvalue weighted by molar-refractivity contribution is 5.98. The molecule has 0 aromatic heterocycles. The Bertz CT molecular complexity index is 478. The molecule has 0 spiro atoms. The largest absolute Gasteiger partial charge is 0.419 e. The van der Waals surface area contributed by atoms with Crippen LogP contribution >= 0.6 is 0 Å². The maximum atomic E-state index is 13.1. The Hall–Kier alpha value is -1.43. The number of carbonyl (C=O) groups excluding carboxylic acids is 1. The van der Waals surface area contributed by atoms with E-state index >= 15 is 0 Å². The van der Waals surface area contributed by atoms with Gasteiger partial charge in [-0.15, -0.1) is 0 Å². The van der Waals surface area contributed by atoms with Gasteiger partial charge in [-0.2, -0.15) is 13.2 Å². The number of rotatable bonds is 2. The predicted octanol–water partition coefficient (Wildman–Crippen LogP) is 3.03. The number of ketones is 1. The van der Waals surface area contributed by atoms with Crippen molar-refractivity contribution in [1.82, 2.24) is 5.32 Å². The highest BCUT2D eigenvalue weighted by atomic mass is 19.4. The lowest BCUT2D eigenvalue weighted by atomic mass is 9.89. The van der Waals surface area contributed by atoms with Gasteiger partial charge in [-0.05, 0) is 44.1 Å². The average Bonchev–Trinajstić information content (AvgIpc) is 2.38. The van der Waals surface area contributed by atoms with Gasteiger partial charge in [0.05, 0.1) is 5.56 Å². The van der Waals surface area contributed by atoms with E-state index < -0.39 is 17.6 Å². The fraction of sp³-hybridized carbons (Fsp3) is 0.462. The summed E-state index contributed by atoms with van der Waals surface area (Å²) in [5, 5.41) is 3.07. The molecule has 6 heteroatoms. The summed E-state index contributed by atoms with van der Waals surface area (Å²) in [6, 6.07) is 2.44. The first kappa shape index (κ1) is 14.0. The second-order valence-corrected chi connectivity index (χ2v) is 4.58. The van der Waals surface area contributed by atoms with Crippen molar-refractivity contribution in [2.24, 2.45) is 5.92 Å². The fourth-order valence-corrected chi connectivity index (χ4v) is 2.22. The molecule has 0 unspecified atom stereocenters. The van der Waals surface area contributed by atoms with E-state index in [1.165, 1.54) is 0 Å². The smallest absolute Gasteiger partial charge is 0.317 e. The van der Waals surface area contributed by atoms with E-state index in [2.05, 4.69) is 5.32 Å². The summed E-state index contributed by atoms with van der Waals surface area (Å²) in [5.41, 5.74) is -1.45. The quantitative estimate of drug-likeness (QED) is 0.664. The second-order valence-electron chi connectivity index (χ2n) is 4.58. The van der Waals surface area contributed by atoms with Gasteiger partial charge in [0.15, 0.2) is 5.78 Å². The van der Waals surface area contributed by atoms with Gasteiger partial charge in [-0.3, -0.25) is 4.79 Å². The lowest BCUT2D eigenvalue weighted by molar-refractivity contribution is -0.140. The van der Waals surface area contributed by atoms with Crippen LogP contribution < -0.4 is 5.32 Å². The number of halogens is 4. The van der Waals surface area contributed by atoms with E-state index in [4.69, 9.17) is 0 Å². The van der Waals surface area contributed by atoms with Crippen molar-refractivity contribution in [3.8, 4) is 0 Å². The van der Waals surface area contributed by atoms with Crippen LogP contribution in [0.1, 0.15) is 28.8 Å². The van der Waals surface area contributed by atoms with Crippen molar-refractivity contribution in [2.45, 2.75) is 19.0 Å². The summed E-state index contributed by atoms with van der Waals surface area (Å²) in [6.07, 6.45) is -3.59. The minimum absolute atomic E-state index is 0.0689. The van der Waals surface area contributed by atoms with Gasteiger partial charge in [0.25, 0.3) is 0 Å². The van der Waals surface area contributed by atoms with Crippen LogP contribution in [-0.4, -0.2) is 18.9 Å². The summed E-state index contributed by atoms with van der Waals surface area (Å²) in [4.78, 5) is 12.1. The monoisotopic (exact) mass is 275 g/mol. The van der Waals surface area contributed by atoms with E-state index in [9.17, 15) is 22.4 Å². The van der Waals surface area contributed by atoms with Gasteiger partial charge in [-0.25, -0.2) is 4.39 Å². The number of benzene rings is 1. The molecule has 0 atom stereocenters. The molecule has 1 N–H and O–H groups in total. The molecule has 2 nitrogen and oxygen atoms in total. The minimum atomic E-state index is -4.78. The molecule has 1 fully saturated rings. The third kappa shape index (κ3) is 3.12. The maximum absolute atomic E-state index is 13.1. The average molecular weight is 275 g/mol. The van der Waals surface area contributed by atoms with E-state index in [-0.39, 0.29) is 17.3 Å². The molecule has 0 amide bonds. The first-order chi connectivity index (χ1) is 8.89. The molecule has 2 rings (SSSR count). The van der Waals surface area contributed by atoms with Gasteiger partial charge >= 0.3 is 6.18 Å². The van der Waals surface area contributed by atoms with Crippen LogP contribution in [-0.2, 0) is 6.18 Å². The van der Waals surface area contributed by atoms with E-state index in [0.717, 1.165) is 6.07 Å². The summed E-state index contributed by atoms with van der Waals surface area (Å²) < 4.78 is 50.8. The van der Waals surface area contributed by atoms with E-state index in [1.807, 2.05) is 0 Å². The molecule has 1 aliphatic rings. The van der Waals surface area contributed by atoms with Crippen LogP contribution in [0, 0.1) is 11.7 Å². The summed E-state index contributed by atoms with van der Waals surface area (Å²) in [7, 11) is 0. The molecular weight excluding hydrogens is 262 g/mol. The number of Topliss-reactive ketones (excluding diaryl/α,β-unsaturated/α-hetero) is 1. The van der Waals surface area contributed by atoms with Crippen molar-refractivity contribution in [1.29, 1.82) is 0 Å². The molecule has 1 aromatic rings. The third-order valence-electron chi connectivity index (χ3n) is 3.27. The molecule has 19 heavy (non-hydrogen) atoms. The second kappa shape index (κ2) is 5.28. The summed E-state index contributed by atoms with van der Waals surface area (Å²) >= 11 is 0. The Kier molecular flexibility index (Phi) is 3.89. The zero-order valence-corrected chi connectivity index (χ0v) is 10.1. The Morgan fingerprint density at radius 3 is 2.42 bits per heavy atom. The van der Waals surface area contributed by atoms with Crippen molar-refractivity contribution in [3.63, 3.8) is 0 Å². The van der Waals surface area contributed by atoms with E-state index in [0.29, 0.717) is 38.1 Å². The minimum Gasteiger partial charge on any atom is -0.317 e. The van der Waals surface area contributed by atoms with Gasteiger partial charge < -0.3 is 5.32 Å². The molecule has 0 radical (unpaired) electrons. The molecular formula is C13H13F4NO. The molecule has 1 aliphatic heterocycles. The summed E-state index contributed by atoms with van der Waals surface area (Å²) in [5.74, 6) is -1.98. The molecule has 1 heterocycles. The Labute approximate surface area is 107 Å². The van der Waals surface area contributed by atoms with Crippen LogP contribution in [0.15, 0.2) is 18.2 Å². The number of piperidine rings is 1. The molecule has 0 bridgehead atoms. The SMILES string of the molecule is O=C(c1ccc(F)c(C(F)(F)F)c1)C1CCNCC1. The first-order valence-corrected chi connectivity index (χ1v) is 6.01. The Morgan fingerprint density at radius 1 is 1.21 bits per heavy atom. The molecule has 1 saturated heterocycles. The van der Waals surface area contributed by atoms with Gasteiger partial charge in [0.2, 0.25) is 0 Å². The lowest BCUT2D eigenvalue weighted by Crippen LogP contribution is -2.32. The highest BCUT2D eigenvalue weighted by Gasteiger charge is 2.35. The van der Waals surface area contributed by atoms with Crippen molar-refractivity contribution < 1.29 is 22.4 Å². The van der Waals surface area contributed by atoms with Crippen LogP contribution in [0.3, 0.4) is 0 Å². The van der Waals surface area contributed by atoms with Gasteiger partial charge in [0, 0.05) is 11.5 Å². The van der Waals surface area contributed by atoms with Crippen LogP contribution in [0.4, 0.5) is 17.6 Å². The number of carbonyl (C=O) groups is 1. The number of nitrogens with one attached hydrogen (secondary N) is 1. The Balaban J connectivity index is 2.27. The fourth-order valence-electron chi connectivity index (χ4n) is 2.22. The van der Waals surface area contributed by atoms with Gasteiger partial charge in [-0.1, -0.05) is 0 Å². The van der Waals surface area contributed by atoms with Crippen LogP contribution in [0.25, 0.3) is 0 Å². The van der Waals surface area contributed by atoms with Crippen LogP contribution in [0.5, 0.6) is 0 Å². The standard InChI is InChI=1S/C13H13F4NO/c14-11-2-1-9(7-10(11)13(15,16)17)12(19)8-3-5-18-6-4-8/h1-2,7-8,18H,3-6H2. The highest BCUT2D eigenvalue weighted by Crippen LogP contribution is 2.32. The van der Waals surface area contributed by atoms with Crippen LogP contribution in [0.2, 0.25) is 0 Å². The maximum Gasteiger partial charge on any atom is 0.419 e. The molecule has 0 aliphatic carbocycles. The molecule has 104 valence electrons. The number of hydrogen-bond acceptors (Lipinski definition) is 2. The normalized spacial score (nSPS) is 17.5. The number of hydrogen-bond donors (Lipinski definition) is 1. The first-order valence-electron chi connectivity index (χ1n) is 6.01. The third-order valence-corrected chi connectivity index (χ3v) is 3.27. The molecule has 1 aromatic carbocycles. The zero-order chi connectivity index (χ0) is 14.0. The molecule has 0 saturated carbocycles. The predicted molar refractivity (Wildman–Crippen MR) is 61.3 cm³/mol. The van der Waals surface area contributed by atoms with Crippen molar-refractivity contribution in [2.75, 3.05) is 13.1 Å². The van der Waals surface area contributed by atoms with Gasteiger partial charge in [0.1, 0.15) is 5.82 Å². The Morgan fingerprint density at radius 2 is 1.84 bits per heavy atom.